The SMILES string of the molecule is CCC1CN(C(=O)C2CCCN(C(=O)c3ccc(F)cc3)C2)C(CC)CN1CC(C)(C)O. The molecule has 1 N–H and O–H groups in total. The fourth-order valence-electron chi connectivity index (χ4n) is 5.08. The van der Waals surface area contributed by atoms with Crippen LogP contribution in [0, 0.1) is 11.7 Å². The van der Waals surface area contributed by atoms with Gasteiger partial charge in [-0.2, -0.15) is 0 Å². The molecule has 2 saturated heterocycles. The second-order valence-corrected chi connectivity index (χ2v) is 9.95. The van der Waals surface area contributed by atoms with E-state index in [0.717, 1.165) is 32.2 Å². The van der Waals surface area contributed by atoms with Crippen LogP contribution in [0.2, 0.25) is 0 Å². The van der Waals surface area contributed by atoms with Gasteiger partial charge in [-0.15, -0.1) is 0 Å². The molecule has 2 amide bonds. The zero-order valence-corrected chi connectivity index (χ0v) is 19.9. The topological polar surface area (TPSA) is 64.1 Å². The van der Waals surface area contributed by atoms with Crippen molar-refractivity contribution in [1.82, 2.24) is 14.7 Å². The highest BCUT2D eigenvalue weighted by atomic mass is 19.1. The first-order chi connectivity index (χ1) is 15.1. The van der Waals surface area contributed by atoms with E-state index in [2.05, 4.69) is 18.7 Å². The van der Waals surface area contributed by atoms with Gasteiger partial charge in [0.15, 0.2) is 0 Å². The number of aliphatic hydroxyl groups is 1. The summed E-state index contributed by atoms with van der Waals surface area (Å²) in [5.74, 6) is -0.584. The van der Waals surface area contributed by atoms with Crippen LogP contribution in [0.3, 0.4) is 0 Å². The molecule has 1 aromatic rings. The Morgan fingerprint density at radius 1 is 1.06 bits per heavy atom. The smallest absolute Gasteiger partial charge is 0.253 e. The highest BCUT2D eigenvalue weighted by molar-refractivity contribution is 5.94. The number of rotatable bonds is 6. The molecule has 3 unspecified atom stereocenters. The Bertz CT molecular complexity index is 793. The summed E-state index contributed by atoms with van der Waals surface area (Å²) in [4.78, 5) is 32.6. The van der Waals surface area contributed by atoms with E-state index in [4.69, 9.17) is 0 Å². The van der Waals surface area contributed by atoms with E-state index in [1.165, 1.54) is 24.3 Å². The minimum atomic E-state index is -0.775. The summed E-state index contributed by atoms with van der Waals surface area (Å²) in [6.07, 6.45) is 3.34. The number of likely N-dealkylation sites (tertiary alicyclic amines) is 1. The van der Waals surface area contributed by atoms with Gasteiger partial charge in [-0.05, 0) is 63.8 Å². The number of carbonyl (C=O) groups is 2. The van der Waals surface area contributed by atoms with Crippen molar-refractivity contribution in [3.8, 4) is 0 Å². The standard InChI is InChI=1S/C25H38FN3O3/c1-5-21-16-29(22(6-2)15-28(21)17-25(3,4)32)24(31)19-8-7-13-27(14-19)23(30)18-9-11-20(26)12-10-18/h9-12,19,21-22,32H,5-8,13-17H2,1-4H3. The predicted molar refractivity (Wildman–Crippen MR) is 123 cm³/mol. The first kappa shape index (κ1) is 24.6. The first-order valence-electron chi connectivity index (χ1n) is 11.9. The zero-order chi connectivity index (χ0) is 23.5. The van der Waals surface area contributed by atoms with Gasteiger partial charge < -0.3 is 14.9 Å². The summed E-state index contributed by atoms with van der Waals surface area (Å²) < 4.78 is 13.2. The lowest BCUT2D eigenvalue weighted by Gasteiger charge is -2.49. The van der Waals surface area contributed by atoms with Crippen molar-refractivity contribution in [2.45, 2.75) is 71.1 Å². The van der Waals surface area contributed by atoms with Gasteiger partial charge in [0.2, 0.25) is 5.91 Å². The summed E-state index contributed by atoms with van der Waals surface area (Å²) in [5.41, 5.74) is -0.320. The number of amides is 2. The molecule has 178 valence electrons. The van der Waals surface area contributed by atoms with Crippen LogP contribution in [-0.2, 0) is 4.79 Å². The van der Waals surface area contributed by atoms with Gasteiger partial charge in [0.05, 0.1) is 11.5 Å². The van der Waals surface area contributed by atoms with Crippen molar-refractivity contribution in [3.63, 3.8) is 0 Å². The Balaban J connectivity index is 1.69. The van der Waals surface area contributed by atoms with Crippen molar-refractivity contribution in [2.24, 2.45) is 5.92 Å². The third-order valence-corrected chi connectivity index (χ3v) is 6.77. The minimum absolute atomic E-state index is 0.107. The lowest BCUT2D eigenvalue weighted by molar-refractivity contribution is -0.145. The molecule has 3 rings (SSSR count). The lowest BCUT2D eigenvalue weighted by Crippen LogP contribution is -2.63. The summed E-state index contributed by atoms with van der Waals surface area (Å²) in [6, 6.07) is 5.92. The van der Waals surface area contributed by atoms with E-state index in [9.17, 15) is 19.1 Å². The number of carbonyl (C=O) groups excluding carboxylic acids is 2. The van der Waals surface area contributed by atoms with Gasteiger partial charge in [-0.3, -0.25) is 14.5 Å². The maximum atomic E-state index is 13.6. The normalized spacial score (nSPS) is 25.1. The number of nitrogens with zero attached hydrogens (tertiary/aromatic N) is 3. The van der Waals surface area contributed by atoms with Gasteiger partial charge in [0.1, 0.15) is 5.82 Å². The van der Waals surface area contributed by atoms with Crippen LogP contribution in [0.25, 0.3) is 0 Å². The van der Waals surface area contributed by atoms with Crippen molar-refractivity contribution in [3.05, 3.63) is 35.6 Å². The lowest BCUT2D eigenvalue weighted by atomic mass is 9.92. The average Bonchev–Trinajstić information content (AvgIpc) is 2.77. The Morgan fingerprint density at radius 2 is 1.72 bits per heavy atom. The molecule has 0 aliphatic carbocycles. The Hall–Kier alpha value is -1.99. The molecule has 32 heavy (non-hydrogen) atoms. The maximum Gasteiger partial charge on any atom is 0.253 e. The monoisotopic (exact) mass is 447 g/mol. The van der Waals surface area contributed by atoms with Gasteiger partial charge in [-0.25, -0.2) is 4.39 Å². The number of hydrogen-bond donors (Lipinski definition) is 1. The second-order valence-electron chi connectivity index (χ2n) is 9.95. The number of β-amino-alcohol motifs (C(OH)–C–C–N with tert-alkyl or cyclic N) is 1. The molecular formula is C25H38FN3O3. The fraction of sp³-hybridized carbons (Fsp3) is 0.680. The summed E-state index contributed by atoms with van der Waals surface area (Å²) in [6.45, 7) is 10.9. The van der Waals surface area contributed by atoms with Gasteiger partial charge >= 0.3 is 0 Å². The maximum absolute atomic E-state index is 13.6. The van der Waals surface area contributed by atoms with Crippen LogP contribution in [-0.4, -0.2) is 82.0 Å². The number of benzene rings is 1. The zero-order valence-electron chi connectivity index (χ0n) is 19.9. The first-order valence-corrected chi connectivity index (χ1v) is 11.9. The van der Waals surface area contributed by atoms with Gasteiger partial charge in [0, 0.05) is 50.4 Å². The number of piperidine rings is 1. The van der Waals surface area contributed by atoms with Crippen LogP contribution >= 0.6 is 0 Å². The van der Waals surface area contributed by atoms with Crippen molar-refractivity contribution < 1.29 is 19.1 Å². The van der Waals surface area contributed by atoms with E-state index >= 15 is 0 Å². The molecule has 0 spiro atoms. The van der Waals surface area contributed by atoms with Gasteiger partial charge in [0.25, 0.3) is 5.91 Å². The van der Waals surface area contributed by atoms with Crippen molar-refractivity contribution in [1.29, 1.82) is 0 Å². The summed E-state index contributed by atoms with van der Waals surface area (Å²) >= 11 is 0. The van der Waals surface area contributed by atoms with Crippen molar-refractivity contribution >= 4 is 11.8 Å². The van der Waals surface area contributed by atoms with Crippen LogP contribution < -0.4 is 0 Å². The molecule has 0 radical (unpaired) electrons. The van der Waals surface area contributed by atoms with Crippen LogP contribution in [0.1, 0.15) is 63.7 Å². The molecule has 6 nitrogen and oxygen atoms in total. The average molecular weight is 448 g/mol. The van der Waals surface area contributed by atoms with E-state index in [0.29, 0.717) is 31.7 Å². The highest BCUT2D eigenvalue weighted by Crippen LogP contribution is 2.27. The molecule has 7 heteroatoms. The fourth-order valence-corrected chi connectivity index (χ4v) is 5.08. The van der Waals surface area contributed by atoms with Crippen LogP contribution in [0.15, 0.2) is 24.3 Å². The molecule has 0 aromatic heterocycles. The molecule has 0 saturated carbocycles. The molecule has 2 aliphatic rings. The van der Waals surface area contributed by atoms with E-state index in [-0.39, 0.29) is 35.6 Å². The Morgan fingerprint density at radius 3 is 2.31 bits per heavy atom. The highest BCUT2D eigenvalue weighted by Gasteiger charge is 2.40. The third kappa shape index (κ3) is 5.87. The molecule has 1 aromatic carbocycles. The Kier molecular flexibility index (Phi) is 7.93. The molecule has 3 atom stereocenters. The number of hydrogen-bond acceptors (Lipinski definition) is 4. The van der Waals surface area contributed by atoms with Crippen LogP contribution in [0.4, 0.5) is 4.39 Å². The molecule has 0 bridgehead atoms. The van der Waals surface area contributed by atoms with Gasteiger partial charge in [-0.1, -0.05) is 13.8 Å². The number of piperazine rings is 1. The van der Waals surface area contributed by atoms with E-state index < -0.39 is 5.60 Å². The second kappa shape index (κ2) is 10.3. The quantitative estimate of drug-likeness (QED) is 0.728. The van der Waals surface area contributed by atoms with E-state index in [1.54, 1.807) is 4.90 Å². The molecule has 2 fully saturated rings. The Labute approximate surface area is 191 Å². The number of halogens is 1. The predicted octanol–water partition coefficient (Wildman–Crippen LogP) is 3.15. The molecular weight excluding hydrogens is 409 g/mol. The molecule has 2 aliphatic heterocycles. The van der Waals surface area contributed by atoms with Crippen LogP contribution in [0.5, 0.6) is 0 Å². The summed E-state index contributed by atoms with van der Waals surface area (Å²) in [7, 11) is 0. The van der Waals surface area contributed by atoms with Crippen molar-refractivity contribution in [2.75, 3.05) is 32.7 Å². The molecule has 2 heterocycles. The minimum Gasteiger partial charge on any atom is -0.389 e. The van der Waals surface area contributed by atoms with E-state index in [1.807, 2.05) is 18.7 Å². The third-order valence-electron chi connectivity index (χ3n) is 6.77. The largest absolute Gasteiger partial charge is 0.389 e. The summed E-state index contributed by atoms with van der Waals surface area (Å²) in [5, 5.41) is 10.3.